The van der Waals surface area contributed by atoms with Crippen LogP contribution in [0.15, 0.2) is 54.6 Å². The Hall–Kier alpha value is -2.55. The second-order valence-electron chi connectivity index (χ2n) is 4.78. The van der Waals surface area contributed by atoms with Crippen molar-refractivity contribution in [3.8, 4) is 5.75 Å². The SMILES string of the molecule is COc1ccccc1/C=C/C(=O)NCc1cccc(C)c1. The normalized spacial score (nSPS) is 10.6. The zero-order chi connectivity index (χ0) is 15.1. The van der Waals surface area contributed by atoms with Crippen molar-refractivity contribution in [1.29, 1.82) is 0 Å². The first kappa shape index (κ1) is 14.9. The van der Waals surface area contributed by atoms with Crippen molar-refractivity contribution in [3.05, 3.63) is 71.3 Å². The van der Waals surface area contributed by atoms with Gasteiger partial charge in [-0.05, 0) is 24.6 Å². The van der Waals surface area contributed by atoms with E-state index in [2.05, 4.69) is 11.4 Å². The molecule has 0 fully saturated rings. The van der Waals surface area contributed by atoms with Crippen LogP contribution in [0.2, 0.25) is 0 Å². The van der Waals surface area contributed by atoms with Gasteiger partial charge in [0.15, 0.2) is 0 Å². The number of hydrogen-bond acceptors (Lipinski definition) is 2. The van der Waals surface area contributed by atoms with Gasteiger partial charge in [0.05, 0.1) is 7.11 Å². The molecule has 0 heterocycles. The monoisotopic (exact) mass is 281 g/mol. The first-order valence-electron chi connectivity index (χ1n) is 6.83. The maximum absolute atomic E-state index is 11.8. The van der Waals surface area contributed by atoms with Crippen LogP contribution in [-0.2, 0) is 11.3 Å². The van der Waals surface area contributed by atoms with Crippen molar-refractivity contribution in [2.75, 3.05) is 7.11 Å². The van der Waals surface area contributed by atoms with Gasteiger partial charge in [-0.1, -0.05) is 48.0 Å². The molecule has 0 aliphatic carbocycles. The molecule has 2 rings (SSSR count). The molecule has 0 aliphatic rings. The fourth-order valence-electron chi connectivity index (χ4n) is 2.04. The molecule has 0 saturated carbocycles. The number of hydrogen-bond donors (Lipinski definition) is 1. The van der Waals surface area contributed by atoms with E-state index in [1.807, 2.05) is 49.4 Å². The first-order chi connectivity index (χ1) is 10.2. The van der Waals surface area contributed by atoms with Gasteiger partial charge in [-0.3, -0.25) is 4.79 Å². The molecule has 1 N–H and O–H groups in total. The number of aryl methyl sites for hydroxylation is 1. The zero-order valence-corrected chi connectivity index (χ0v) is 12.3. The molecule has 0 spiro atoms. The molecule has 2 aromatic rings. The molecule has 0 bridgehead atoms. The molecule has 108 valence electrons. The highest BCUT2D eigenvalue weighted by molar-refractivity contribution is 5.92. The first-order valence-corrected chi connectivity index (χ1v) is 6.83. The lowest BCUT2D eigenvalue weighted by Crippen LogP contribution is -2.20. The number of benzene rings is 2. The largest absolute Gasteiger partial charge is 0.496 e. The third-order valence-electron chi connectivity index (χ3n) is 3.10. The van der Waals surface area contributed by atoms with Gasteiger partial charge in [0.2, 0.25) is 5.91 Å². The highest BCUT2D eigenvalue weighted by Crippen LogP contribution is 2.18. The van der Waals surface area contributed by atoms with E-state index in [0.717, 1.165) is 16.9 Å². The minimum absolute atomic E-state index is 0.123. The Balaban J connectivity index is 1.94. The summed E-state index contributed by atoms with van der Waals surface area (Å²) in [4.78, 5) is 11.8. The van der Waals surface area contributed by atoms with E-state index >= 15 is 0 Å². The van der Waals surface area contributed by atoms with Crippen LogP contribution in [0.25, 0.3) is 6.08 Å². The van der Waals surface area contributed by atoms with E-state index < -0.39 is 0 Å². The minimum Gasteiger partial charge on any atom is -0.496 e. The highest BCUT2D eigenvalue weighted by Gasteiger charge is 2.00. The molecular formula is C18H19NO2. The number of carbonyl (C=O) groups excluding carboxylic acids is 1. The third kappa shape index (κ3) is 4.49. The lowest BCUT2D eigenvalue weighted by molar-refractivity contribution is -0.116. The predicted molar refractivity (Wildman–Crippen MR) is 85.1 cm³/mol. The molecule has 0 aliphatic heterocycles. The van der Waals surface area contributed by atoms with Gasteiger partial charge in [-0.2, -0.15) is 0 Å². The van der Waals surface area contributed by atoms with Crippen LogP contribution in [0.1, 0.15) is 16.7 Å². The number of ether oxygens (including phenoxy) is 1. The van der Waals surface area contributed by atoms with Crippen molar-refractivity contribution < 1.29 is 9.53 Å². The lowest BCUT2D eigenvalue weighted by atomic mass is 10.1. The smallest absolute Gasteiger partial charge is 0.244 e. The molecule has 3 nitrogen and oxygen atoms in total. The van der Waals surface area contributed by atoms with Gasteiger partial charge in [-0.15, -0.1) is 0 Å². The lowest BCUT2D eigenvalue weighted by Gasteiger charge is -2.05. The van der Waals surface area contributed by atoms with Gasteiger partial charge in [-0.25, -0.2) is 0 Å². The Morgan fingerprint density at radius 3 is 2.76 bits per heavy atom. The van der Waals surface area contributed by atoms with Gasteiger partial charge < -0.3 is 10.1 Å². The second-order valence-corrected chi connectivity index (χ2v) is 4.78. The Morgan fingerprint density at radius 2 is 2.00 bits per heavy atom. The van der Waals surface area contributed by atoms with Crippen molar-refractivity contribution in [3.63, 3.8) is 0 Å². The number of rotatable bonds is 5. The minimum atomic E-state index is -0.123. The quantitative estimate of drug-likeness (QED) is 0.854. The molecule has 3 heteroatoms. The van der Waals surface area contributed by atoms with E-state index in [1.165, 1.54) is 11.6 Å². The van der Waals surface area contributed by atoms with Crippen molar-refractivity contribution in [2.45, 2.75) is 13.5 Å². The van der Waals surface area contributed by atoms with Gasteiger partial charge in [0.25, 0.3) is 0 Å². The summed E-state index contributed by atoms with van der Waals surface area (Å²) in [5.41, 5.74) is 3.16. The van der Waals surface area contributed by atoms with Gasteiger partial charge >= 0.3 is 0 Å². The summed E-state index contributed by atoms with van der Waals surface area (Å²) < 4.78 is 5.24. The Kier molecular flexibility index (Phi) is 5.16. The van der Waals surface area contributed by atoms with E-state index in [9.17, 15) is 4.79 Å². The predicted octanol–water partition coefficient (Wildman–Crippen LogP) is 3.33. The topological polar surface area (TPSA) is 38.3 Å². The summed E-state index contributed by atoms with van der Waals surface area (Å²) in [6.07, 6.45) is 3.28. The molecule has 0 saturated heterocycles. The van der Waals surface area contributed by atoms with E-state index in [-0.39, 0.29) is 5.91 Å². The van der Waals surface area contributed by atoms with Gasteiger partial charge in [0, 0.05) is 18.2 Å². The fourth-order valence-corrected chi connectivity index (χ4v) is 2.04. The number of methoxy groups -OCH3 is 1. The number of nitrogens with one attached hydrogen (secondary N) is 1. The molecule has 0 unspecified atom stereocenters. The van der Waals surface area contributed by atoms with Crippen LogP contribution in [0.3, 0.4) is 0 Å². The summed E-state index contributed by atoms with van der Waals surface area (Å²) in [5, 5.41) is 2.87. The molecule has 0 atom stereocenters. The van der Waals surface area contributed by atoms with Crippen molar-refractivity contribution in [2.24, 2.45) is 0 Å². The van der Waals surface area contributed by atoms with Crippen LogP contribution in [-0.4, -0.2) is 13.0 Å². The average molecular weight is 281 g/mol. The Morgan fingerprint density at radius 1 is 1.19 bits per heavy atom. The molecule has 21 heavy (non-hydrogen) atoms. The second kappa shape index (κ2) is 7.29. The molecule has 2 aromatic carbocycles. The molecular weight excluding hydrogens is 262 g/mol. The summed E-state index contributed by atoms with van der Waals surface area (Å²) in [5.74, 6) is 0.627. The summed E-state index contributed by atoms with van der Waals surface area (Å²) in [6.45, 7) is 2.56. The average Bonchev–Trinajstić information content (AvgIpc) is 2.51. The standard InChI is InChI=1S/C18H19NO2/c1-14-6-5-7-15(12-14)13-19-18(20)11-10-16-8-3-4-9-17(16)21-2/h3-12H,13H2,1-2H3,(H,19,20)/b11-10+. The van der Waals surface area contributed by atoms with Crippen LogP contribution in [0, 0.1) is 6.92 Å². The summed E-state index contributed by atoms with van der Waals surface area (Å²) in [6, 6.07) is 15.7. The van der Waals surface area contributed by atoms with E-state index in [4.69, 9.17) is 4.74 Å². The fraction of sp³-hybridized carbons (Fsp3) is 0.167. The van der Waals surface area contributed by atoms with Crippen LogP contribution in [0.4, 0.5) is 0 Å². The van der Waals surface area contributed by atoms with E-state index in [1.54, 1.807) is 13.2 Å². The summed E-state index contributed by atoms with van der Waals surface area (Å²) >= 11 is 0. The Bertz CT molecular complexity index is 647. The zero-order valence-electron chi connectivity index (χ0n) is 12.3. The maximum Gasteiger partial charge on any atom is 0.244 e. The van der Waals surface area contributed by atoms with Crippen molar-refractivity contribution in [1.82, 2.24) is 5.32 Å². The maximum atomic E-state index is 11.8. The molecule has 0 radical (unpaired) electrons. The van der Waals surface area contributed by atoms with E-state index in [0.29, 0.717) is 6.54 Å². The number of amides is 1. The van der Waals surface area contributed by atoms with Crippen LogP contribution < -0.4 is 10.1 Å². The molecule has 0 aromatic heterocycles. The number of carbonyl (C=O) groups is 1. The number of para-hydroxylation sites is 1. The summed E-state index contributed by atoms with van der Waals surface area (Å²) in [7, 11) is 1.62. The highest BCUT2D eigenvalue weighted by atomic mass is 16.5. The van der Waals surface area contributed by atoms with Crippen LogP contribution >= 0.6 is 0 Å². The Labute approximate surface area is 125 Å². The van der Waals surface area contributed by atoms with Crippen LogP contribution in [0.5, 0.6) is 5.75 Å². The van der Waals surface area contributed by atoms with Gasteiger partial charge in [0.1, 0.15) is 5.75 Å². The molecule has 1 amide bonds. The van der Waals surface area contributed by atoms with Crippen molar-refractivity contribution >= 4 is 12.0 Å². The third-order valence-corrected chi connectivity index (χ3v) is 3.10.